The van der Waals surface area contributed by atoms with Gasteiger partial charge in [-0.25, -0.2) is 9.59 Å². The zero-order valence-corrected chi connectivity index (χ0v) is 27.6. The number of aromatic hydroxyl groups is 1. The highest BCUT2D eigenvalue weighted by Gasteiger charge is 2.36. The maximum atomic E-state index is 14.0. The van der Waals surface area contributed by atoms with E-state index < -0.39 is 12.2 Å². The Balaban J connectivity index is 1.10. The van der Waals surface area contributed by atoms with Crippen LogP contribution in [0, 0.1) is 6.92 Å². The molecule has 2 aromatic rings. The first-order valence-electron chi connectivity index (χ1n) is 17.0. The van der Waals surface area contributed by atoms with E-state index in [0.29, 0.717) is 62.9 Å². The van der Waals surface area contributed by atoms with Gasteiger partial charge in [0.15, 0.2) is 17.6 Å². The van der Waals surface area contributed by atoms with Crippen molar-refractivity contribution < 1.29 is 29.0 Å². The summed E-state index contributed by atoms with van der Waals surface area (Å²) >= 11 is 0. The number of aryl methyl sites for hydroxylation is 1. The number of phenolic OH excluding ortho intramolecular Hbond substituents is 1. The van der Waals surface area contributed by atoms with Crippen LogP contribution in [0.4, 0.5) is 15.3 Å². The van der Waals surface area contributed by atoms with Gasteiger partial charge in [-0.15, -0.1) is 0 Å². The Hall–Kier alpha value is -4.03. The van der Waals surface area contributed by atoms with E-state index >= 15 is 0 Å². The molecular formula is C35H48N6O6. The van der Waals surface area contributed by atoms with Crippen molar-refractivity contribution in [2.75, 3.05) is 71.3 Å². The van der Waals surface area contributed by atoms with Gasteiger partial charge in [-0.05, 0) is 67.9 Å². The number of piperazine rings is 1. The lowest BCUT2D eigenvalue weighted by molar-refractivity contribution is -0.142. The van der Waals surface area contributed by atoms with Crippen molar-refractivity contribution in [1.82, 2.24) is 24.9 Å². The second kappa shape index (κ2) is 14.8. The second-order valence-corrected chi connectivity index (χ2v) is 13.1. The van der Waals surface area contributed by atoms with E-state index in [1.165, 1.54) is 7.11 Å². The van der Waals surface area contributed by atoms with Crippen LogP contribution in [-0.2, 0) is 22.4 Å². The van der Waals surface area contributed by atoms with E-state index in [4.69, 9.17) is 9.47 Å². The Labute approximate surface area is 277 Å². The summed E-state index contributed by atoms with van der Waals surface area (Å²) in [6, 6.07) is 11.7. The Kier molecular flexibility index (Phi) is 10.4. The topological polar surface area (TPSA) is 127 Å². The van der Waals surface area contributed by atoms with Crippen molar-refractivity contribution in [3.8, 4) is 11.5 Å². The molecule has 47 heavy (non-hydrogen) atoms. The summed E-state index contributed by atoms with van der Waals surface area (Å²) in [4.78, 5) is 48.6. The molecule has 254 valence electrons. The van der Waals surface area contributed by atoms with E-state index in [-0.39, 0.29) is 30.2 Å². The molecule has 4 heterocycles. The third-order valence-electron chi connectivity index (χ3n) is 10.2. The summed E-state index contributed by atoms with van der Waals surface area (Å²) in [6.45, 7) is 8.52. The van der Waals surface area contributed by atoms with Gasteiger partial charge in [-0.3, -0.25) is 9.69 Å². The van der Waals surface area contributed by atoms with Crippen LogP contribution in [0.1, 0.15) is 42.4 Å². The standard InChI is InChI=1S/C35H48N6O6/c1-24-21-25(22-30(46-2)32(24)42)23-31(33(43)39-14-8-27(9-15-39)38-19-12-36-13-20-38)47-35(45)40-16-10-28(11-17-40)41-18-7-26-5-3-4-6-29(26)37-34(41)44/h3-6,21-22,27-28,31,36,42H,7-20,23H2,1-2H3,(H,37,44)/t31-/m1/s1. The normalized spacial score (nSPS) is 20.6. The molecule has 3 saturated heterocycles. The fourth-order valence-electron chi connectivity index (χ4n) is 7.48. The molecule has 0 aliphatic carbocycles. The van der Waals surface area contributed by atoms with Crippen molar-refractivity contribution in [2.45, 2.75) is 63.6 Å². The maximum Gasteiger partial charge on any atom is 0.410 e. The Morgan fingerprint density at radius 3 is 2.34 bits per heavy atom. The van der Waals surface area contributed by atoms with E-state index in [0.717, 1.165) is 62.3 Å². The van der Waals surface area contributed by atoms with Crippen molar-refractivity contribution in [1.29, 1.82) is 0 Å². The van der Waals surface area contributed by atoms with Crippen molar-refractivity contribution in [3.05, 3.63) is 53.1 Å². The molecule has 6 rings (SSSR count). The van der Waals surface area contributed by atoms with Crippen LogP contribution in [0.25, 0.3) is 0 Å². The smallest absolute Gasteiger partial charge is 0.410 e. The number of likely N-dealkylation sites (tertiary alicyclic amines) is 2. The minimum Gasteiger partial charge on any atom is -0.504 e. The number of carbonyl (C=O) groups is 3. The van der Waals surface area contributed by atoms with Crippen LogP contribution >= 0.6 is 0 Å². The number of rotatable bonds is 7. The van der Waals surface area contributed by atoms with Crippen LogP contribution in [0.15, 0.2) is 36.4 Å². The molecule has 12 heteroatoms. The average molecular weight is 649 g/mol. The second-order valence-electron chi connectivity index (χ2n) is 13.1. The van der Waals surface area contributed by atoms with Gasteiger partial charge >= 0.3 is 12.1 Å². The quantitative estimate of drug-likeness (QED) is 0.418. The van der Waals surface area contributed by atoms with Crippen molar-refractivity contribution >= 4 is 23.7 Å². The van der Waals surface area contributed by atoms with E-state index in [1.54, 1.807) is 24.0 Å². The highest BCUT2D eigenvalue weighted by molar-refractivity contribution is 5.91. The lowest BCUT2D eigenvalue weighted by Gasteiger charge is -2.41. The summed E-state index contributed by atoms with van der Waals surface area (Å²) in [5, 5.41) is 16.8. The molecule has 0 saturated carbocycles. The van der Waals surface area contributed by atoms with Crippen LogP contribution in [-0.4, -0.2) is 127 Å². The molecule has 0 bridgehead atoms. The van der Waals surface area contributed by atoms with Crippen molar-refractivity contribution in [3.63, 3.8) is 0 Å². The first kappa shape index (κ1) is 32.9. The lowest BCUT2D eigenvalue weighted by Crippen LogP contribution is -2.54. The summed E-state index contributed by atoms with van der Waals surface area (Å²) in [5.41, 5.74) is 3.34. The van der Waals surface area contributed by atoms with Crippen molar-refractivity contribution in [2.24, 2.45) is 0 Å². The number of benzene rings is 2. The lowest BCUT2D eigenvalue weighted by atomic mass is 9.99. The fraction of sp³-hybridized carbons (Fsp3) is 0.571. The number of fused-ring (bicyclic) bond motifs is 1. The summed E-state index contributed by atoms with van der Waals surface area (Å²) in [7, 11) is 1.49. The van der Waals surface area contributed by atoms with Crippen LogP contribution in [0.3, 0.4) is 0 Å². The molecule has 4 amide bonds. The van der Waals surface area contributed by atoms with E-state index in [9.17, 15) is 19.5 Å². The number of para-hydroxylation sites is 1. The third kappa shape index (κ3) is 7.59. The molecule has 3 fully saturated rings. The SMILES string of the molecule is COc1cc(C[C@@H](OC(=O)N2CCC(N3CCc4ccccc4NC3=O)CC2)C(=O)N2CCC(N3CCNCC3)CC2)cc(C)c1O. The Morgan fingerprint density at radius 1 is 0.936 bits per heavy atom. The molecule has 3 N–H and O–H groups in total. The number of phenols is 1. The monoisotopic (exact) mass is 648 g/mol. The number of piperidine rings is 2. The number of nitrogens with one attached hydrogen (secondary N) is 2. The van der Waals surface area contributed by atoms with Crippen LogP contribution in [0.5, 0.6) is 11.5 Å². The number of amides is 4. The average Bonchev–Trinajstić information content (AvgIpc) is 3.27. The zero-order valence-electron chi connectivity index (χ0n) is 27.6. The number of ether oxygens (including phenoxy) is 2. The Morgan fingerprint density at radius 2 is 1.62 bits per heavy atom. The van der Waals surface area contributed by atoms with Gasteiger partial charge in [0.25, 0.3) is 5.91 Å². The molecule has 0 unspecified atom stereocenters. The minimum atomic E-state index is -1.01. The molecule has 0 aromatic heterocycles. The largest absolute Gasteiger partial charge is 0.504 e. The summed E-state index contributed by atoms with van der Waals surface area (Å²) in [5.74, 6) is 0.172. The number of carbonyl (C=O) groups excluding carboxylic acids is 3. The fourth-order valence-corrected chi connectivity index (χ4v) is 7.48. The van der Waals surface area contributed by atoms with Crippen LogP contribution < -0.4 is 15.4 Å². The zero-order chi connectivity index (χ0) is 32.9. The summed E-state index contributed by atoms with van der Waals surface area (Å²) in [6.07, 6.45) is 2.45. The predicted molar refractivity (Wildman–Crippen MR) is 178 cm³/mol. The molecule has 0 spiro atoms. The van der Waals surface area contributed by atoms with Gasteiger partial charge in [0.1, 0.15) is 0 Å². The van der Waals surface area contributed by atoms with E-state index in [1.807, 2.05) is 34.1 Å². The minimum absolute atomic E-state index is 0.00945. The number of hydrogen-bond donors (Lipinski definition) is 3. The molecule has 4 aliphatic rings. The number of anilines is 1. The first-order valence-corrected chi connectivity index (χ1v) is 17.0. The van der Waals surface area contributed by atoms with Gasteiger partial charge in [0, 0.05) is 83.1 Å². The third-order valence-corrected chi connectivity index (χ3v) is 10.2. The molecule has 4 aliphatic heterocycles. The van der Waals surface area contributed by atoms with Gasteiger partial charge in [-0.1, -0.05) is 24.3 Å². The molecule has 12 nitrogen and oxygen atoms in total. The molecule has 1 atom stereocenters. The number of methoxy groups -OCH3 is 1. The van der Waals surface area contributed by atoms with Gasteiger partial charge in [0.2, 0.25) is 0 Å². The highest BCUT2D eigenvalue weighted by Crippen LogP contribution is 2.32. The maximum absolute atomic E-state index is 14.0. The Bertz CT molecular complexity index is 1430. The van der Waals surface area contributed by atoms with Gasteiger partial charge in [-0.2, -0.15) is 0 Å². The molecule has 2 aromatic carbocycles. The molecule has 0 radical (unpaired) electrons. The first-order chi connectivity index (χ1) is 22.8. The van der Waals surface area contributed by atoms with E-state index in [2.05, 4.69) is 15.5 Å². The molecular weight excluding hydrogens is 600 g/mol. The van der Waals surface area contributed by atoms with Gasteiger partial charge in [0.05, 0.1) is 7.11 Å². The summed E-state index contributed by atoms with van der Waals surface area (Å²) < 4.78 is 11.4. The number of urea groups is 1. The van der Waals surface area contributed by atoms with Gasteiger partial charge < -0.3 is 39.9 Å². The number of nitrogens with zero attached hydrogens (tertiary/aromatic N) is 4. The van der Waals surface area contributed by atoms with Crippen LogP contribution in [0.2, 0.25) is 0 Å². The number of hydrogen-bond acceptors (Lipinski definition) is 8. The highest BCUT2D eigenvalue weighted by atomic mass is 16.6. The predicted octanol–water partition coefficient (Wildman–Crippen LogP) is 3.21.